The fraction of sp³-hybridized carbons (Fsp3) is 0.292. The van der Waals surface area contributed by atoms with Crippen LogP contribution in [0.2, 0.25) is 0 Å². The Labute approximate surface area is 634 Å². The minimum atomic E-state index is -0.994. The summed E-state index contributed by atoms with van der Waals surface area (Å²) in [5.41, 5.74) is 5.39. The maximum Gasteiger partial charge on any atom is 0.194 e. The van der Waals surface area contributed by atoms with Gasteiger partial charge >= 0.3 is 0 Å². The highest BCUT2D eigenvalue weighted by Crippen LogP contribution is 2.51. The lowest BCUT2D eigenvalue weighted by atomic mass is 9.67. The number of Topliss-reactive ketones (excluding diaryl/α,β-unsaturated/α-hetero) is 4. The van der Waals surface area contributed by atoms with Crippen molar-refractivity contribution < 1.29 is 39.6 Å². The minimum absolute atomic E-state index is 0.0713. The first-order valence-corrected chi connectivity index (χ1v) is 38.4. The van der Waals surface area contributed by atoms with E-state index in [0.717, 1.165) is 65.3 Å². The number of carbonyl (C=O) groups is 4. The van der Waals surface area contributed by atoms with Gasteiger partial charge in [0.2, 0.25) is 0 Å². The molecule has 8 N–H and O–H groups in total. The first-order chi connectivity index (χ1) is 51.9. The van der Waals surface area contributed by atoms with Crippen molar-refractivity contribution in [2.75, 3.05) is 0 Å². The number of rotatable bonds is 20. The standard InChI is InChI=1S/C96H100N4O8/c1-53(2)41-73-77-45-79(91(103)85(89(77)101)49-97-57(9)65-37-21-29-61-25-13-17-33-69(61)65)74(42-54(3)4)81-47-83(95(107)87(93(81)105)51-99-59(11)67-39-23-31-63-27-15-19-35-71(63)67)76(44-56(7)8)84-48-82(94(106)88(96(84)108)52-100-60(12)68-40-24-32-64-28-16-20-36-72(64)68)75(43-55(5)6)80-46-78(73)90(102)86(92(80)104)50-98-58(10)66-38-22-30-62-26-14-18-34-70(62)66/h13-40,45-60,73-76,97-101,104-105,108H,41-44H2,1-12H3/b85-49-,86-50-,87-51-,88-52+. The van der Waals surface area contributed by atoms with Crippen LogP contribution in [0.25, 0.3) is 43.1 Å². The zero-order valence-corrected chi connectivity index (χ0v) is 64.0. The van der Waals surface area contributed by atoms with Gasteiger partial charge < -0.3 is 41.7 Å². The molecule has 0 aromatic heterocycles. The SMILES string of the molecule is CC(C)CC1C2=CC(=C(O)/C(=C/NC(C)c3cccc4ccccc34)C2=O)C(CC(C)C)C2=CC(=C(O)/C(=C\NC(C)c3cccc4ccccc34)C2=O)C(CC(C)C)C2=CC(=C(O)/C(=C/NC(C)c3cccc4ccccc34)C2=O)C(CC(C)C)C2=CC1=C(O)/C(=C/NC(C)c1cccc3ccccc13)C2=O. The van der Waals surface area contributed by atoms with Crippen molar-refractivity contribution in [3.8, 4) is 0 Å². The van der Waals surface area contributed by atoms with Crippen LogP contribution < -0.4 is 21.3 Å². The van der Waals surface area contributed by atoms with Crippen LogP contribution in [0.1, 0.15) is 155 Å². The quantitative estimate of drug-likeness (QED) is 0.0337. The van der Waals surface area contributed by atoms with E-state index in [1.807, 2.05) is 229 Å². The first-order valence-electron chi connectivity index (χ1n) is 38.4. The van der Waals surface area contributed by atoms with Crippen LogP contribution >= 0.6 is 0 Å². The Hall–Kier alpha value is -11.2. The monoisotopic (exact) mass is 1440 g/mol. The van der Waals surface area contributed by atoms with Crippen molar-refractivity contribution in [1.29, 1.82) is 0 Å². The summed E-state index contributed by atoms with van der Waals surface area (Å²) in [6.45, 7) is 24.3. The summed E-state index contributed by atoms with van der Waals surface area (Å²) in [6, 6.07) is 55.0. The predicted octanol–water partition coefficient (Wildman–Crippen LogP) is 21.5. The van der Waals surface area contributed by atoms with Crippen LogP contribution in [0.4, 0.5) is 0 Å². The van der Waals surface area contributed by atoms with Crippen molar-refractivity contribution in [3.63, 3.8) is 0 Å². The number of hydrogen-bond donors (Lipinski definition) is 8. The van der Waals surface area contributed by atoms with E-state index in [-0.39, 0.29) is 139 Å². The summed E-state index contributed by atoms with van der Waals surface area (Å²) >= 11 is 0. The topological polar surface area (TPSA) is 197 Å². The highest BCUT2D eigenvalue weighted by atomic mass is 16.3. The van der Waals surface area contributed by atoms with Crippen LogP contribution in [-0.4, -0.2) is 43.6 Å². The summed E-state index contributed by atoms with van der Waals surface area (Å²) in [4.78, 5) is 66.1. The average molecular weight is 1440 g/mol. The summed E-state index contributed by atoms with van der Waals surface area (Å²) in [7, 11) is 0. The van der Waals surface area contributed by atoms with Gasteiger partial charge in [-0.05, 0) is 167 Å². The molecule has 12 heteroatoms. The molecule has 0 spiro atoms. The van der Waals surface area contributed by atoms with Gasteiger partial charge in [0.1, 0.15) is 23.0 Å². The van der Waals surface area contributed by atoms with E-state index in [9.17, 15) is 20.4 Å². The lowest BCUT2D eigenvalue weighted by molar-refractivity contribution is -0.113. The molecule has 8 atom stereocenters. The number of benzene rings is 8. The fourth-order valence-electron chi connectivity index (χ4n) is 16.8. The van der Waals surface area contributed by atoms with Gasteiger partial charge in [-0.25, -0.2) is 0 Å². The number of nitrogens with one attached hydrogen (secondary N) is 4. The van der Waals surface area contributed by atoms with Crippen LogP contribution in [0.5, 0.6) is 0 Å². The number of aliphatic hydroxyl groups excluding tert-OH is 4. The van der Waals surface area contributed by atoms with Crippen LogP contribution in [-0.2, 0) is 19.2 Å². The van der Waals surface area contributed by atoms with E-state index >= 15 is 19.2 Å². The lowest BCUT2D eigenvalue weighted by Gasteiger charge is -2.36. The third kappa shape index (κ3) is 14.9. The highest BCUT2D eigenvalue weighted by Gasteiger charge is 2.46. The molecule has 8 aromatic carbocycles. The molecule has 0 fully saturated rings. The Balaban J connectivity index is 1.10. The third-order valence-corrected chi connectivity index (χ3v) is 22.3. The van der Waals surface area contributed by atoms with Gasteiger partial charge in [-0.2, -0.15) is 0 Å². The molecule has 552 valence electrons. The van der Waals surface area contributed by atoms with Crippen LogP contribution in [0.15, 0.2) is 309 Å². The maximum atomic E-state index is 16.5. The van der Waals surface area contributed by atoms with Gasteiger partial charge in [-0.15, -0.1) is 0 Å². The molecule has 0 radical (unpaired) electrons. The minimum Gasteiger partial charge on any atom is -0.507 e. The van der Waals surface area contributed by atoms with E-state index in [0.29, 0.717) is 0 Å². The second-order valence-electron chi connectivity index (χ2n) is 31.7. The smallest absolute Gasteiger partial charge is 0.194 e. The molecule has 0 saturated carbocycles. The second-order valence-corrected chi connectivity index (χ2v) is 31.7. The third-order valence-electron chi connectivity index (χ3n) is 22.3. The molecule has 8 bridgehead atoms. The van der Waals surface area contributed by atoms with E-state index < -0.39 is 71.0 Å². The van der Waals surface area contributed by atoms with Gasteiger partial charge in [-0.1, -0.05) is 225 Å². The summed E-state index contributed by atoms with van der Waals surface area (Å²) in [6.07, 6.45) is 14.2. The normalized spacial score (nSPS) is 21.5. The number of allylic oxidation sites excluding steroid dienone is 16. The molecule has 8 aromatic rings. The van der Waals surface area contributed by atoms with E-state index in [1.165, 1.54) is 0 Å². The Morgan fingerprint density at radius 2 is 0.463 bits per heavy atom. The second kappa shape index (κ2) is 31.7. The summed E-state index contributed by atoms with van der Waals surface area (Å²) < 4.78 is 0. The predicted molar refractivity (Wildman–Crippen MR) is 437 cm³/mol. The summed E-state index contributed by atoms with van der Waals surface area (Å²) in [5.74, 6) is -8.19. The molecule has 0 aliphatic heterocycles. The lowest BCUT2D eigenvalue weighted by Crippen LogP contribution is -2.33. The maximum absolute atomic E-state index is 16.5. The Morgan fingerprint density at radius 3 is 0.657 bits per heavy atom. The highest BCUT2D eigenvalue weighted by molar-refractivity contribution is 6.18. The van der Waals surface area contributed by atoms with E-state index in [1.54, 1.807) is 49.1 Å². The number of ketones is 4. The molecule has 108 heavy (non-hydrogen) atoms. The van der Waals surface area contributed by atoms with Gasteiger partial charge in [-0.3, -0.25) is 19.2 Å². The number of fused-ring (bicyclic) bond motifs is 8. The van der Waals surface area contributed by atoms with Crippen LogP contribution in [0.3, 0.4) is 0 Å². The van der Waals surface area contributed by atoms with E-state index in [2.05, 4.69) is 45.5 Å². The molecule has 0 saturated heterocycles. The molecule has 5 aliphatic rings. The Bertz CT molecular complexity index is 4680. The molecule has 12 nitrogen and oxygen atoms in total. The van der Waals surface area contributed by atoms with Gasteiger partial charge in [0.05, 0.1) is 22.3 Å². The Morgan fingerprint density at radius 1 is 0.278 bits per heavy atom. The number of carbonyl (C=O) groups excluding carboxylic acids is 4. The van der Waals surface area contributed by atoms with Crippen LogP contribution in [0, 0.1) is 47.3 Å². The molecule has 0 amide bonds. The molecule has 13 rings (SSSR count). The molecular formula is C96H100N4O8. The molecule has 0 heterocycles. The fourth-order valence-corrected chi connectivity index (χ4v) is 16.8. The largest absolute Gasteiger partial charge is 0.507 e. The number of hydrogen-bond acceptors (Lipinski definition) is 12. The summed E-state index contributed by atoms with van der Waals surface area (Å²) in [5, 5.41) is 76.6. The van der Waals surface area contributed by atoms with E-state index in [4.69, 9.17) is 0 Å². The van der Waals surface area contributed by atoms with Crippen molar-refractivity contribution in [2.45, 2.75) is 133 Å². The zero-order valence-electron chi connectivity index (χ0n) is 64.0. The van der Waals surface area contributed by atoms with Gasteiger partial charge in [0, 0.05) is 117 Å². The van der Waals surface area contributed by atoms with Crippen molar-refractivity contribution >= 4 is 66.2 Å². The molecule has 5 aliphatic carbocycles. The van der Waals surface area contributed by atoms with Gasteiger partial charge in [0.25, 0.3) is 0 Å². The number of aliphatic hydroxyl groups is 4. The average Bonchev–Trinajstić information content (AvgIpc) is 0.734. The molecule has 8 unspecified atom stereocenters. The zero-order chi connectivity index (χ0) is 76.5. The van der Waals surface area contributed by atoms with Crippen molar-refractivity contribution in [3.05, 3.63) is 331 Å². The Kier molecular flexibility index (Phi) is 22.0. The van der Waals surface area contributed by atoms with Crippen molar-refractivity contribution in [2.24, 2.45) is 47.3 Å². The molecular weight excluding hydrogens is 1340 g/mol. The van der Waals surface area contributed by atoms with Gasteiger partial charge in [0.15, 0.2) is 23.1 Å². The van der Waals surface area contributed by atoms with Crippen molar-refractivity contribution in [1.82, 2.24) is 21.3 Å². The first kappa shape index (κ1) is 75.0.